The number of carbonyl (C=O) groups is 2. The topological polar surface area (TPSA) is 55.4 Å². The van der Waals surface area contributed by atoms with Crippen LogP contribution in [0.5, 0.6) is 0 Å². The van der Waals surface area contributed by atoms with Crippen LogP contribution in [0.2, 0.25) is 0 Å². The quantitative estimate of drug-likeness (QED) is 0.483. The molecule has 1 atom stereocenters. The average Bonchev–Trinajstić information content (AvgIpc) is 1.94. The van der Waals surface area contributed by atoms with E-state index >= 15 is 0 Å². The van der Waals surface area contributed by atoms with Crippen LogP contribution in [-0.2, 0) is 14.3 Å². The van der Waals surface area contributed by atoms with E-state index in [-0.39, 0.29) is 18.3 Å². The molecule has 0 bridgehead atoms. The first kappa shape index (κ1) is 9.03. The normalized spacial score (nSPS) is 21.6. The molecule has 68 valence electrons. The van der Waals surface area contributed by atoms with Crippen molar-refractivity contribution in [3.05, 3.63) is 0 Å². The largest absolute Gasteiger partial charge is 0.464 e. The molecule has 1 heterocycles. The van der Waals surface area contributed by atoms with Crippen molar-refractivity contribution in [1.82, 2.24) is 5.32 Å². The molecule has 1 rings (SSSR count). The standard InChI is InChI=1S/C8H13NO3/c1-5(2)4-12-8(11)6-3-7(10)9-6/h5-6H,3-4H2,1-2H3,(H,9,10)/t6-/m1/s1. The van der Waals surface area contributed by atoms with Gasteiger partial charge in [0.15, 0.2) is 0 Å². The van der Waals surface area contributed by atoms with Crippen LogP contribution >= 0.6 is 0 Å². The Balaban J connectivity index is 2.17. The predicted molar refractivity (Wildman–Crippen MR) is 42.3 cm³/mol. The van der Waals surface area contributed by atoms with Crippen molar-refractivity contribution < 1.29 is 14.3 Å². The smallest absolute Gasteiger partial charge is 0.329 e. The maximum absolute atomic E-state index is 11.0. The van der Waals surface area contributed by atoms with E-state index in [0.29, 0.717) is 12.5 Å². The summed E-state index contributed by atoms with van der Waals surface area (Å²) in [5, 5.41) is 2.45. The van der Waals surface area contributed by atoms with Crippen LogP contribution in [0.3, 0.4) is 0 Å². The summed E-state index contributed by atoms with van der Waals surface area (Å²) in [6.07, 6.45) is 0.275. The minimum Gasteiger partial charge on any atom is -0.464 e. The Hall–Kier alpha value is -1.06. The summed E-state index contributed by atoms with van der Waals surface area (Å²) < 4.78 is 4.90. The van der Waals surface area contributed by atoms with Crippen molar-refractivity contribution in [3.63, 3.8) is 0 Å². The van der Waals surface area contributed by atoms with Gasteiger partial charge < -0.3 is 10.1 Å². The Morgan fingerprint density at radius 2 is 2.33 bits per heavy atom. The van der Waals surface area contributed by atoms with Crippen molar-refractivity contribution in [2.75, 3.05) is 6.61 Å². The molecule has 0 aromatic heterocycles. The summed E-state index contributed by atoms with van der Waals surface area (Å²) in [7, 11) is 0. The van der Waals surface area contributed by atoms with E-state index in [2.05, 4.69) is 5.32 Å². The van der Waals surface area contributed by atoms with Gasteiger partial charge >= 0.3 is 5.97 Å². The van der Waals surface area contributed by atoms with Crippen LogP contribution < -0.4 is 5.32 Å². The molecule has 1 saturated heterocycles. The molecule has 0 radical (unpaired) electrons. The number of β-lactam (4-membered cyclic amide) rings is 1. The molecule has 0 aromatic rings. The highest BCUT2D eigenvalue weighted by Crippen LogP contribution is 2.06. The molecule has 0 saturated carbocycles. The molecule has 1 aliphatic rings. The number of amides is 1. The van der Waals surface area contributed by atoms with Gasteiger partial charge in [0, 0.05) is 0 Å². The van der Waals surface area contributed by atoms with E-state index in [1.165, 1.54) is 0 Å². The van der Waals surface area contributed by atoms with E-state index in [1.807, 2.05) is 13.8 Å². The highest BCUT2D eigenvalue weighted by Gasteiger charge is 2.32. The molecule has 0 aromatic carbocycles. The minimum atomic E-state index is -0.392. The van der Waals surface area contributed by atoms with Gasteiger partial charge in [-0.05, 0) is 5.92 Å². The molecule has 0 spiro atoms. The summed E-state index contributed by atoms with van der Waals surface area (Å²) >= 11 is 0. The van der Waals surface area contributed by atoms with Gasteiger partial charge in [0.2, 0.25) is 5.91 Å². The van der Waals surface area contributed by atoms with Crippen LogP contribution in [0, 0.1) is 5.92 Å². The Morgan fingerprint density at radius 1 is 1.75 bits per heavy atom. The first-order chi connectivity index (χ1) is 5.59. The third-order valence-electron chi connectivity index (χ3n) is 1.57. The number of hydrogen-bond donors (Lipinski definition) is 1. The molecular weight excluding hydrogens is 158 g/mol. The monoisotopic (exact) mass is 171 g/mol. The molecular formula is C8H13NO3. The van der Waals surface area contributed by atoms with Crippen LogP contribution in [0.25, 0.3) is 0 Å². The molecule has 12 heavy (non-hydrogen) atoms. The zero-order valence-electron chi connectivity index (χ0n) is 7.29. The zero-order chi connectivity index (χ0) is 9.14. The number of carbonyl (C=O) groups excluding carboxylic acids is 2. The maximum Gasteiger partial charge on any atom is 0.329 e. The first-order valence-electron chi connectivity index (χ1n) is 4.05. The first-order valence-corrected chi connectivity index (χ1v) is 4.05. The molecule has 4 heteroatoms. The summed E-state index contributed by atoms with van der Waals surface area (Å²) in [5.74, 6) is -0.0606. The Morgan fingerprint density at radius 3 is 2.75 bits per heavy atom. The zero-order valence-corrected chi connectivity index (χ0v) is 7.29. The van der Waals surface area contributed by atoms with E-state index < -0.39 is 6.04 Å². The van der Waals surface area contributed by atoms with Crippen molar-refractivity contribution in [2.45, 2.75) is 26.3 Å². The van der Waals surface area contributed by atoms with E-state index in [0.717, 1.165) is 0 Å². The number of nitrogens with one attached hydrogen (secondary N) is 1. The highest BCUT2D eigenvalue weighted by atomic mass is 16.5. The lowest BCUT2D eigenvalue weighted by atomic mass is 10.1. The molecule has 0 aliphatic carbocycles. The second-order valence-corrected chi connectivity index (χ2v) is 3.35. The lowest BCUT2D eigenvalue weighted by Gasteiger charge is -2.24. The van der Waals surface area contributed by atoms with E-state index in [4.69, 9.17) is 4.74 Å². The summed E-state index contributed by atoms with van der Waals surface area (Å²) in [6, 6.07) is -0.392. The maximum atomic E-state index is 11.0. The van der Waals surface area contributed by atoms with E-state index in [9.17, 15) is 9.59 Å². The highest BCUT2D eigenvalue weighted by molar-refractivity contribution is 5.94. The predicted octanol–water partition coefficient (Wildman–Crippen LogP) is 0.0741. The van der Waals surface area contributed by atoms with Gasteiger partial charge in [-0.15, -0.1) is 0 Å². The van der Waals surface area contributed by atoms with Gasteiger partial charge in [-0.3, -0.25) is 4.79 Å². The minimum absolute atomic E-state index is 0.0819. The summed E-state index contributed by atoms with van der Waals surface area (Å²) in [6.45, 7) is 4.35. The number of ether oxygens (including phenoxy) is 1. The van der Waals surface area contributed by atoms with E-state index in [1.54, 1.807) is 0 Å². The fourth-order valence-electron chi connectivity index (χ4n) is 0.850. The van der Waals surface area contributed by atoms with Crippen molar-refractivity contribution >= 4 is 11.9 Å². The van der Waals surface area contributed by atoms with Crippen LogP contribution in [0.4, 0.5) is 0 Å². The third-order valence-corrected chi connectivity index (χ3v) is 1.57. The number of esters is 1. The summed E-state index contributed by atoms with van der Waals surface area (Å²) in [4.78, 5) is 21.5. The molecule has 1 N–H and O–H groups in total. The molecule has 0 unspecified atom stereocenters. The fourth-order valence-corrected chi connectivity index (χ4v) is 0.850. The van der Waals surface area contributed by atoms with Crippen LogP contribution in [0.15, 0.2) is 0 Å². The second kappa shape index (κ2) is 3.56. The SMILES string of the molecule is CC(C)COC(=O)[C@H]1CC(=O)N1. The number of rotatable bonds is 3. The third kappa shape index (κ3) is 2.22. The Bertz CT molecular complexity index is 192. The fraction of sp³-hybridized carbons (Fsp3) is 0.750. The van der Waals surface area contributed by atoms with Gasteiger partial charge in [-0.25, -0.2) is 4.79 Å². The number of hydrogen-bond acceptors (Lipinski definition) is 3. The van der Waals surface area contributed by atoms with Crippen LogP contribution in [0.1, 0.15) is 20.3 Å². The Labute approximate surface area is 71.3 Å². The molecule has 1 aliphatic heterocycles. The molecule has 1 fully saturated rings. The molecule has 4 nitrogen and oxygen atoms in total. The van der Waals surface area contributed by atoms with Gasteiger partial charge in [-0.1, -0.05) is 13.8 Å². The van der Waals surface area contributed by atoms with Crippen molar-refractivity contribution in [1.29, 1.82) is 0 Å². The molecule has 1 amide bonds. The van der Waals surface area contributed by atoms with Gasteiger partial charge in [-0.2, -0.15) is 0 Å². The lowest BCUT2D eigenvalue weighted by Crippen LogP contribution is -2.53. The van der Waals surface area contributed by atoms with Gasteiger partial charge in [0.05, 0.1) is 13.0 Å². The second-order valence-electron chi connectivity index (χ2n) is 3.35. The van der Waals surface area contributed by atoms with Gasteiger partial charge in [0.1, 0.15) is 6.04 Å². The average molecular weight is 171 g/mol. The van der Waals surface area contributed by atoms with Gasteiger partial charge in [0.25, 0.3) is 0 Å². The van der Waals surface area contributed by atoms with Crippen LogP contribution in [-0.4, -0.2) is 24.5 Å². The lowest BCUT2D eigenvalue weighted by molar-refractivity contribution is -0.154. The van der Waals surface area contributed by atoms with Crippen molar-refractivity contribution in [2.24, 2.45) is 5.92 Å². The van der Waals surface area contributed by atoms with Crippen molar-refractivity contribution in [3.8, 4) is 0 Å². The summed E-state index contributed by atoms with van der Waals surface area (Å²) in [5.41, 5.74) is 0. The Kier molecular flexibility index (Phi) is 2.68.